The van der Waals surface area contributed by atoms with Crippen LogP contribution in [0.25, 0.3) is 5.57 Å². The predicted octanol–water partition coefficient (Wildman–Crippen LogP) is 4.08. The highest BCUT2D eigenvalue weighted by Gasteiger charge is 2.16. The highest BCUT2D eigenvalue weighted by Crippen LogP contribution is 2.27. The van der Waals surface area contributed by atoms with Crippen molar-refractivity contribution in [2.75, 3.05) is 32.1 Å². The standard InChI is InChI=1S/C20H21ClN2O2/c1-25-19-8-7-17(13-18(19)21)22-20(24)14-23-11-9-16(10-12-23)15-5-3-2-4-6-15/h2-9,13H,10-12,14H2,1H3,(H,22,24). The Balaban J connectivity index is 1.54. The van der Waals surface area contributed by atoms with Crippen molar-refractivity contribution in [2.24, 2.45) is 0 Å². The molecular formula is C20H21ClN2O2. The van der Waals surface area contributed by atoms with E-state index in [0.717, 1.165) is 19.5 Å². The van der Waals surface area contributed by atoms with Crippen LogP contribution in [0.2, 0.25) is 5.02 Å². The highest BCUT2D eigenvalue weighted by atomic mass is 35.5. The third kappa shape index (κ3) is 4.62. The third-order valence-corrected chi connectivity index (χ3v) is 4.54. The van der Waals surface area contributed by atoms with Crippen molar-refractivity contribution in [3.8, 4) is 5.75 Å². The molecule has 0 saturated heterocycles. The zero-order chi connectivity index (χ0) is 17.6. The Bertz CT molecular complexity index is 775. The molecule has 0 atom stereocenters. The molecule has 0 spiro atoms. The molecule has 25 heavy (non-hydrogen) atoms. The van der Waals surface area contributed by atoms with Gasteiger partial charge in [-0.1, -0.05) is 48.0 Å². The summed E-state index contributed by atoms with van der Waals surface area (Å²) in [6, 6.07) is 15.6. The van der Waals surface area contributed by atoms with Gasteiger partial charge in [-0.3, -0.25) is 9.69 Å². The quantitative estimate of drug-likeness (QED) is 0.877. The molecule has 1 amide bonds. The van der Waals surface area contributed by atoms with Crippen molar-refractivity contribution < 1.29 is 9.53 Å². The topological polar surface area (TPSA) is 41.6 Å². The molecule has 0 radical (unpaired) electrons. The number of amides is 1. The van der Waals surface area contributed by atoms with Crippen LogP contribution in [-0.4, -0.2) is 37.6 Å². The largest absolute Gasteiger partial charge is 0.495 e. The van der Waals surface area contributed by atoms with Crippen molar-refractivity contribution in [2.45, 2.75) is 6.42 Å². The highest BCUT2D eigenvalue weighted by molar-refractivity contribution is 6.32. The van der Waals surface area contributed by atoms with Gasteiger partial charge in [0.15, 0.2) is 0 Å². The van der Waals surface area contributed by atoms with Gasteiger partial charge in [-0.05, 0) is 35.8 Å². The molecule has 0 fully saturated rings. The second kappa shape index (κ2) is 8.19. The van der Waals surface area contributed by atoms with Crippen molar-refractivity contribution in [3.05, 3.63) is 65.2 Å². The number of methoxy groups -OCH3 is 1. The Hall–Kier alpha value is -2.30. The fraction of sp³-hybridized carbons (Fsp3) is 0.250. The van der Waals surface area contributed by atoms with Gasteiger partial charge in [-0.2, -0.15) is 0 Å². The summed E-state index contributed by atoms with van der Waals surface area (Å²) in [5.74, 6) is 0.548. The molecule has 0 bridgehead atoms. The zero-order valence-electron chi connectivity index (χ0n) is 14.2. The number of hydrogen-bond acceptors (Lipinski definition) is 3. The molecule has 1 aliphatic rings. The Morgan fingerprint density at radius 2 is 2.04 bits per heavy atom. The van der Waals surface area contributed by atoms with E-state index in [4.69, 9.17) is 16.3 Å². The maximum atomic E-state index is 12.3. The Morgan fingerprint density at radius 3 is 2.68 bits per heavy atom. The Morgan fingerprint density at radius 1 is 1.24 bits per heavy atom. The van der Waals surface area contributed by atoms with Crippen LogP contribution in [0.5, 0.6) is 5.75 Å². The lowest BCUT2D eigenvalue weighted by Gasteiger charge is -2.26. The van der Waals surface area contributed by atoms with E-state index in [1.165, 1.54) is 11.1 Å². The number of nitrogens with one attached hydrogen (secondary N) is 1. The lowest BCUT2D eigenvalue weighted by Crippen LogP contribution is -2.36. The second-order valence-corrected chi connectivity index (χ2v) is 6.39. The summed E-state index contributed by atoms with van der Waals surface area (Å²) < 4.78 is 5.11. The van der Waals surface area contributed by atoms with Crippen LogP contribution >= 0.6 is 11.6 Å². The fourth-order valence-corrected chi connectivity index (χ4v) is 3.17. The maximum absolute atomic E-state index is 12.3. The van der Waals surface area contributed by atoms with Gasteiger partial charge in [0, 0.05) is 18.8 Å². The molecule has 2 aromatic rings. The van der Waals surface area contributed by atoms with Crippen LogP contribution in [0.3, 0.4) is 0 Å². The van der Waals surface area contributed by atoms with E-state index >= 15 is 0 Å². The first-order chi connectivity index (χ1) is 12.2. The average Bonchev–Trinajstić information content (AvgIpc) is 2.63. The number of halogens is 1. The van der Waals surface area contributed by atoms with E-state index in [9.17, 15) is 4.79 Å². The van der Waals surface area contributed by atoms with E-state index in [-0.39, 0.29) is 5.91 Å². The minimum absolute atomic E-state index is 0.0437. The van der Waals surface area contributed by atoms with Gasteiger partial charge in [0.05, 0.1) is 18.7 Å². The van der Waals surface area contributed by atoms with Crippen LogP contribution in [0.1, 0.15) is 12.0 Å². The minimum Gasteiger partial charge on any atom is -0.495 e. The summed E-state index contributed by atoms with van der Waals surface area (Å²) >= 11 is 6.08. The molecule has 1 N–H and O–H groups in total. The van der Waals surface area contributed by atoms with Gasteiger partial charge in [0.1, 0.15) is 5.75 Å². The fourth-order valence-electron chi connectivity index (χ4n) is 2.92. The van der Waals surface area contributed by atoms with Crippen LogP contribution in [-0.2, 0) is 4.79 Å². The summed E-state index contributed by atoms with van der Waals surface area (Å²) in [6.07, 6.45) is 3.15. The van der Waals surface area contributed by atoms with Crippen LogP contribution in [0.4, 0.5) is 5.69 Å². The van der Waals surface area contributed by atoms with Crippen LogP contribution in [0.15, 0.2) is 54.6 Å². The molecule has 130 valence electrons. The predicted molar refractivity (Wildman–Crippen MR) is 102 cm³/mol. The number of carbonyl (C=O) groups is 1. The number of nitrogens with zero attached hydrogens (tertiary/aromatic N) is 1. The SMILES string of the molecule is COc1ccc(NC(=O)CN2CC=C(c3ccccc3)CC2)cc1Cl. The molecule has 0 aromatic heterocycles. The molecule has 2 aromatic carbocycles. The Kier molecular flexibility index (Phi) is 5.74. The van der Waals surface area contributed by atoms with E-state index in [1.807, 2.05) is 6.07 Å². The lowest BCUT2D eigenvalue weighted by atomic mass is 10.00. The first-order valence-electron chi connectivity index (χ1n) is 8.26. The van der Waals surface area contributed by atoms with Gasteiger partial charge in [0.25, 0.3) is 0 Å². The van der Waals surface area contributed by atoms with Crippen molar-refractivity contribution >= 4 is 28.8 Å². The van der Waals surface area contributed by atoms with Crippen molar-refractivity contribution in [3.63, 3.8) is 0 Å². The van der Waals surface area contributed by atoms with E-state index in [1.54, 1.807) is 25.3 Å². The normalized spacial score (nSPS) is 14.7. The number of hydrogen-bond donors (Lipinski definition) is 1. The zero-order valence-corrected chi connectivity index (χ0v) is 14.9. The lowest BCUT2D eigenvalue weighted by molar-refractivity contribution is -0.117. The number of anilines is 1. The molecule has 0 unspecified atom stereocenters. The molecular weight excluding hydrogens is 336 g/mol. The van der Waals surface area contributed by atoms with Gasteiger partial charge in [-0.25, -0.2) is 0 Å². The molecule has 0 saturated carbocycles. The monoisotopic (exact) mass is 356 g/mol. The summed E-state index contributed by atoms with van der Waals surface area (Å²) in [5.41, 5.74) is 3.28. The molecule has 1 heterocycles. The first-order valence-corrected chi connectivity index (χ1v) is 8.63. The van der Waals surface area contributed by atoms with Gasteiger partial charge < -0.3 is 10.1 Å². The van der Waals surface area contributed by atoms with E-state index in [2.05, 4.69) is 40.6 Å². The van der Waals surface area contributed by atoms with Gasteiger partial charge >= 0.3 is 0 Å². The maximum Gasteiger partial charge on any atom is 0.238 e. The second-order valence-electron chi connectivity index (χ2n) is 5.98. The molecule has 1 aliphatic heterocycles. The average molecular weight is 357 g/mol. The van der Waals surface area contributed by atoms with E-state index < -0.39 is 0 Å². The molecule has 0 aliphatic carbocycles. The number of ether oxygens (including phenoxy) is 1. The van der Waals surface area contributed by atoms with Crippen LogP contribution in [0, 0.1) is 0 Å². The van der Waals surface area contributed by atoms with E-state index in [0.29, 0.717) is 23.0 Å². The summed E-state index contributed by atoms with van der Waals surface area (Å²) in [7, 11) is 1.56. The summed E-state index contributed by atoms with van der Waals surface area (Å²) in [5, 5.41) is 3.36. The number of benzene rings is 2. The van der Waals surface area contributed by atoms with Gasteiger partial charge in [0.2, 0.25) is 5.91 Å². The molecule has 5 heteroatoms. The van der Waals surface area contributed by atoms with Crippen molar-refractivity contribution in [1.29, 1.82) is 0 Å². The van der Waals surface area contributed by atoms with Gasteiger partial charge in [-0.15, -0.1) is 0 Å². The summed E-state index contributed by atoms with van der Waals surface area (Å²) in [4.78, 5) is 14.4. The van der Waals surface area contributed by atoms with Crippen LogP contribution < -0.4 is 10.1 Å². The third-order valence-electron chi connectivity index (χ3n) is 4.24. The summed E-state index contributed by atoms with van der Waals surface area (Å²) in [6.45, 7) is 2.01. The smallest absolute Gasteiger partial charge is 0.238 e. The first kappa shape index (κ1) is 17.5. The molecule has 3 rings (SSSR count). The number of rotatable bonds is 5. The van der Waals surface area contributed by atoms with Crippen molar-refractivity contribution in [1.82, 2.24) is 4.90 Å². The molecule has 4 nitrogen and oxygen atoms in total. The Labute approximate surface area is 153 Å². The minimum atomic E-state index is -0.0437. The number of carbonyl (C=O) groups excluding carboxylic acids is 1.